The molecule has 2 heterocycles. The minimum atomic E-state index is -0.0937. The Morgan fingerprint density at radius 3 is 2.74 bits per heavy atom. The maximum absolute atomic E-state index is 12.5. The van der Waals surface area contributed by atoms with Crippen molar-refractivity contribution in [1.29, 1.82) is 0 Å². The number of hydrogen-bond donors (Lipinski definition) is 2. The summed E-state index contributed by atoms with van der Waals surface area (Å²) in [5.74, 6) is 5.68. The molecule has 0 saturated carbocycles. The average molecular weight is 329 g/mol. The summed E-state index contributed by atoms with van der Waals surface area (Å²) in [7, 11) is 0. The van der Waals surface area contributed by atoms with Gasteiger partial charge >= 0.3 is 0 Å². The smallest absolute Gasteiger partial charge is 0.257 e. The predicted molar refractivity (Wildman–Crippen MR) is 75.7 cm³/mol. The van der Waals surface area contributed by atoms with Crippen molar-refractivity contribution in [3.05, 3.63) is 22.3 Å². The van der Waals surface area contributed by atoms with Crippen LogP contribution in [0.15, 0.2) is 16.7 Å². The van der Waals surface area contributed by atoms with Gasteiger partial charge in [0, 0.05) is 23.8 Å². The van der Waals surface area contributed by atoms with E-state index in [2.05, 4.69) is 26.3 Å². The fourth-order valence-electron chi connectivity index (χ4n) is 2.23. The first-order valence-corrected chi connectivity index (χ1v) is 6.87. The topological polar surface area (TPSA) is 80.5 Å². The monoisotopic (exact) mass is 328 g/mol. The van der Waals surface area contributed by atoms with Crippen LogP contribution in [0.1, 0.15) is 24.2 Å². The summed E-state index contributed by atoms with van der Waals surface area (Å²) in [6.45, 7) is 5.05. The molecular formula is C12H17BrN4O2. The van der Waals surface area contributed by atoms with Crippen LogP contribution in [0, 0.1) is 0 Å². The number of halogens is 1. The van der Waals surface area contributed by atoms with E-state index < -0.39 is 0 Å². The molecule has 1 saturated heterocycles. The minimum absolute atomic E-state index is 0.0297. The summed E-state index contributed by atoms with van der Waals surface area (Å²) in [5, 5.41) is 0. The average Bonchev–Trinajstić information content (AvgIpc) is 2.36. The quantitative estimate of drug-likeness (QED) is 0.633. The van der Waals surface area contributed by atoms with E-state index in [1.165, 1.54) is 0 Å². The Morgan fingerprint density at radius 1 is 1.53 bits per heavy atom. The van der Waals surface area contributed by atoms with Crippen molar-refractivity contribution < 1.29 is 9.53 Å². The Kier molecular flexibility index (Phi) is 4.38. The Morgan fingerprint density at radius 2 is 2.16 bits per heavy atom. The number of nitrogen functional groups attached to an aromatic ring is 1. The molecule has 0 aliphatic carbocycles. The van der Waals surface area contributed by atoms with E-state index in [1.54, 1.807) is 17.2 Å². The predicted octanol–water partition coefficient (Wildman–Crippen LogP) is 1.38. The van der Waals surface area contributed by atoms with Gasteiger partial charge in [0.1, 0.15) is 0 Å². The fourth-order valence-corrected chi connectivity index (χ4v) is 2.56. The lowest BCUT2D eigenvalue weighted by molar-refractivity contribution is -0.0586. The fraction of sp³-hybridized carbons (Fsp3) is 0.500. The summed E-state index contributed by atoms with van der Waals surface area (Å²) < 4.78 is 6.36. The number of anilines is 1. The van der Waals surface area contributed by atoms with E-state index in [0.717, 1.165) is 4.47 Å². The summed E-state index contributed by atoms with van der Waals surface area (Å²) in [5.41, 5.74) is 2.91. The van der Waals surface area contributed by atoms with E-state index in [9.17, 15) is 4.79 Å². The van der Waals surface area contributed by atoms with Crippen LogP contribution in [0.5, 0.6) is 0 Å². The van der Waals surface area contributed by atoms with Crippen LogP contribution in [0.25, 0.3) is 0 Å². The van der Waals surface area contributed by atoms with Gasteiger partial charge in [-0.25, -0.2) is 10.8 Å². The van der Waals surface area contributed by atoms with Crippen molar-refractivity contribution in [3.8, 4) is 0 Å². The highest BCUT2D eigenvalue weighted by molar-refractivity contribution is 9.10. The number of morpholine rings is 1. The Hall–Kier alpha value is -1.18. The maximum atomic E-state index is 12.5. The van der Waals surface area contributed by atoms with E-state index in [0.29, 0.717) is 24.5 Å². The molecule has 2 atom stereocenters. The molecule has 0 spiro atoms. The zero-order chi connectivity index (χ0) is 14.0. The normalized spacial score (nSPS) is 23.3. The molecule has 7 heteroatoms. The third-order valence-electron chi connectivity index (χ3n) is 2.93. The Labute approximate surface area is 120 Å². The number of carbonyl (C=O) groups excluding carboxylic acids is 1. The molecule has 0 radical (unpaired) electrons. The van der Waals surface area contributed by atoms with Crippen LogP contribution in [0.3, 0.4) is 0 Å². The zero-order valence-corrected chi connectivity index (χ0v) is 12.5. The summed E-state index contributed by atoms with van der Waals surface area (Å²) >= 11 is 3.32. The van der Waals surface area contributed by atoms with Gasteiger partial charge in [0.25, 0.3) is 5.91 Å². The van der Waals surface area contributed by atoms with Crippen molar-refractivity contribution >= 4 is 27.7 Å². The highest BCUT2D eigenvalue weighted by Gasteiger charge is 2.28. The second kappa shape index (κ2) is 5.85. The molecule has 104 valence electrons. The molecular weight excluding hydrogens is 312 g/mol. The third-order valence-corrected chi connectivity index (χ3v) is 3.36. The lowest BCUT2D eigenvalue weighted by atomic mass is 10.1. The number of nitrogens with one attached hydrogen (secondary N) is 1. The van der Waals surface area contributed by atoms with E-state index in [4.69, 9.17) is 10.6 Å². The van der Waals surface area contributed by atoms with Gasteiger partial charge < -0.3 is 15.1 Å². The van der Waals surface area contributed by atoms with Crippen LogP contribution in [0.2, 0.25) is 0 Å². The molecule has 1 amide bonds. The number of amides is 1. The second-order valence-corrected chi connectivity index (χ2v) is 5.58. The van der Waals surface area contributed by atoms with Gasteiger partial charge in [0.15, 0.2) is 5.82 Å². The zero-order valence-electron chi connectivity index (χ0n) is 10.9. The van der Waals surface area contributed by atoms with Gasteiger partial charge in [-0.15, -0.1) is 0 Å². The molecule has 0 aromatic carbocycles. The van der Waals surface area contributed by atoms with Crippen molar-refractivity contribution in [3.63, 3.8) is 0 Å². The maximum Gasteiger partial charge on any atom is 0.257 e. The second-order valence-electron chi connectivity index (χ2n) is 4.66. The number of nitrogens with zero attached hydrogens (tertiary/aromatic N) is 2. The van der Waals surface area contributed by atoms with Crippen molar-refractivity contribution in [2.75, 3.05) is 18.5 Å². The third kappa shape index (κ3) is 3.23. The largest absolute Gasteiger partial charge is 0.372 e. The Bertz CT molecular complexity index is 473. The van der Waals surface area contributed by atoms with E-state index in [-0.39, 0.29) is 18.1 Å². The number of hydrazine groups is 1. The van der Waals surface area contributed by atoms with Crippen LogP contribution >= 0.6 is 15.9 Å². The number of nitrogens with two attached hydrogens (primary N) is 1. The minimum Gasteiger partial charge on any atom is -0.372 e. The first-order chi connectivity index (χ1) is 9.01. The SMILES string of the molecule is CC1CN(C(=O)c2cc(Br)cnc2NN)CC(C)O1. The molecule has 19 heavy (non-hydrogen) atoms. The van der Waals surface area contributed by atoms with Crippen LogP contribution in [0.4, 0.5) is 5.82 Å². The van der Waals surface area contributed by atoms with E-state index in [1.807, 2.05) is 13.8 Å². The lowest BCUT2D eigenvalue weighted by Gasteiger charge is -2.35. The molecule has 2 rings (SSSR count). The first kappa shape index (κ1) is 14.2. The molecule has 6 nitrogen and oxygen atoms in total. The lowest BCUT2D eigenvalue weighted by Crippen LogP contribution is -2.48. The molecule has 2 unspecified atom stereocenters. The number of carbonyl (C=O) groups is 1. The number of ether oxygens (including phenoxy) is 1. The van der Waals surface area contributed by atoms with Crippen molar-refractivity contribution in [1.82, 2.24) is 9.88 Å². The summed E-state index contributed by atoms with van der Waals surface area (Å²) in [6.07, 6.45) is 1.65. The molecule has 1 aliphatic rings. The van der Waals surface area contributed by atoms with Gasteiger partial charge in [-0.05, 0) is 35.8 Å². The molecule has 3 N–H and O–H groups in total. The number of pyridine rings is 1. The van der Waals surface area contributed by atoms with Gasteiger partial charge in [-0.1, -0.05) is 0 Å². The highest BCUT2D eigenvalue weighted by atomic mass is 79.9. The first-order valence-electron chi connectivity index (χ1n) is 6.08. The summed E-state index contributed by atoms with van der Waals surface area (Å²) in [4.78, 5) is 18.4. The number of hydrogen-bond acceptors (Lipinski definition) is 5. The van der Waals surface area contributed by atoms with Gasteiger partial charge in [0.05, 0.1) is 17.8 Å². The van der Waals surface area contributed by atoms with Crippen molar-refractivity contribution in [2.45, 2.75) is 26.1 Å². The molecule has 1 aromatic rings. The van der Waals surface area contributed by atoms with Gasteiger partial charge in [-0.3, -0.25) is 4.79 Å². The van der Waals surface area contributed by atoms with Crippen molar-refractivity contribution in [2.24, 2.45) is 5.84 Å². The van der Waals surface area contributed by atoms with Crippen LogP contribution < -0.4 is 11.3 Å². The molecule has 1 fully saturated rings. The van der Waals surface area contributed by atoms with Crippen LogP contribution in [-0.4, -0.2) is 41.1 Å². The van der Waals surface area contributed by atoms with Gasteiger partial charge in [-0.2, -0.15) is 0 Å². The van der Waals surface area contributed by atoms with E-state index >= 15 is 0 Å². The Balaban J connectivity index is 2.26. The number of aromatic nitrogens is 1. The molecule has 0 bridgehead atoms. The highest BCUT2D eigenvalue weighted by Crippen LogP contribution is 2.21. The summed E-state index contributed by atoms with van der Waals surface area (Å²) in [6, 6.07) is 1.72. The standard InChI is InChI=1S/C12H17BrN4O2/c1-7-5-17(6-8(2)19-7)12(18)10-3-9(13)4-15-11(10)16-14/h3-4,7-8H,5-6,14H2,1-2H3,(H,15,16). The molecule has 1 aliphatic heterocycles. The number of rotatable bonds is 2. The van der Waals surface area contributed by atoms with Crippen LogP contribution in [-0.2, 0) is 4.74 Å². The molecule has 1 aromatic heterocycles. The van der Waals surface area contributed by atoms with Gasteiger partial charge in [0.2, 0.25) is 0 Å².